The fourth-order valence-corrected chi connectivity index (χ4v) is 0.393. The first-order valence-corrected chi connectivity index (χ1v) is 2.56. The van der Waals surface area contributed by atoms with Crippen molar-refractivity contribution in [2.75, 3.05) is 6.54 Å². The Morgan fingerprint density at radius 3 is 2.20 bits per heavy atom. The molecule has 0 bridgehead atoms. The van der Waals surface area contributed by atoms with Crippen LogP contribution in [0.2, 0.25) is 0 Å². The lowest BCUT2D eigenvalue weighted by molar-refractivity contribution is -0.138. The average molecular weight is 147 g/mol. The summed E-state index contributed by atoms with van der Waals surface area (Å²) >= 11 is 0. The molecule has 6 N–H and O–H groups in total. The highest BCUT2D eigenvalue weighted by Crippen LogP contribution is 1.77. The quantitative estimate of drug-likeness (QED) is 0.371. The van der Waals surface area contributed by atoms with Gasteiger partial charge in [-0.2, -0.15) is 0 Å². The van der Waals surface area contributed by atoms with Gasteiger partial charge in [-0.25, -0.2) is 9.59 Å². The zero-order valence-electron chi connectivity index (χ0n) is 5.20. The van der Waals surface area contributed by atoms with Crippen LogP contribution in [-0.2, 0) is 4.79 Å². The fraction of sp³-hybridized carbons (Fsp3) is 0.500. The molecular weight excluding hydrogens is 138 g/mol. The van der Waals surface area contributed by atoms with Crippen LogP contribution in [-0.4, -0.2) is 29.7 Å². The summed E-state index contributed by atoms with van der Waals surface area (Å²) < 4.78 is 0. The minimum absolute atomic E-state index is 0.168. The number of carbonyl (C=O) groups is 2. The van der Waals surface area contributed by atoms with Crippen LogP contribution < -0.4 is 16.8 Å². The van der Waals surface area contributed by atoms with Gasteiger partial charge >= 0.3 is 12.0 Å². The van der Waals surface area contributed by atoms with E-state index in [4.69, 9.17) is 10.8 Å². The number of urea groups is 1. The summed E-state index contributed by atoms with van der Waals surface area (Å²) in [6.45, 7) is -0.168. The molecule has 6 nitrogen and oxygen atoms in total. The Hall–Kier alpha value is -1.30. The smallest absolute Gasteiger partial charge is 0.327 e. The number of primary amides is 1. The molecule has 0 saturated carbocycles. The van der Waals surface area contributed by atoms with E-state index in [0.29, 0.717) is 0 Å². The number of nitrogens with one attached hydrogen (secondary N) is 1. The van der Waals surface area contributed by atoms with Crippen LogP contribution in [0.1, 0.15) is 0 Å². The molecule has 0 aromatic rings. The highest BCUT2D eigenvalue weighted by molar-refractivity contribution is 5.81. The van der Waals surface area contributed by atoms with E-state index in [9.17, 15) is 9.59 Å². The summed E-state index contributed by atoms with van der Waals surface area (Å²) in [4.78, 5) is 20.2. The summed E-state index contributed by atoms with van der Waals surface area (Å²) in [5.41, 5.74) is 9.61. The molecule has 0 aliphatic rings. The third-order valence-electron chi connectivity index (χ3n) is 0.850. The van der Waals surface area contributed by atoms with Gasteiger partial charge in [0.25, 0.3) is 0 Å². The van der Waals surface area contributed by atoms with Crippen molar-refractivity contribution in [1.29, 1.82) is 0 Å². The Balaban J connectivity index is 3.83. The first-order valence-electron chi connectivity index (χ1n) is 2.56. The van der Waals surface area contributed by atoms with Crippen LogP contribution in [0.25, 0.3) is 0 Å². The molecule has 6 heteroatoms. The third kappa shape index (κ3) is 2.88. The van der Waals surface area contributed by atoms with Crippen molar-refractivity contribution >= 4 is 12.0 Å². The predicted molar refractivity (Wildman–Crippen MR) is 33.2 cm³/mol. The van der Waals surface area contributed by atoms with E-state index in [2.05, 4.69) is 5.73 Å². The Morgan fingerprint density at radius 1 is 1.60 bits per heavy atom. The van der Waals surface area contributed by atoms with Gasteiger partial charge in [0.1, 0.15) is 6.04 Å². The lowest BCUT2D eigenvalue weighted by Crippen LogP contribution is -2.47. The van der Waals surface area contributed by atoms with Gasteiger partial charge in [0, 0.05) is 6.54 Å². The molecule has 0 fully saturated rings. The first kappa shape index (κ1) is 8.70. The second-order valence-electron chi connectivity index (χ2n) is 1.64. The molecule has 0 aliphatic carbocycles. The Morgan fingerprint density at radius 2 is 2.10 bits per heavy atom. The number of aliphatic carboxylic acids is 1. The zero-order valence-corrected chi connectivity index (χ0v) is 5.20. The first-order chi connectivity index (χ1) is 4.57. The van der Waals surface area contributed by atoms with Gasteiger partial charge in [0.05, 0.1) is 0 Å². The molecule has 0 heterocycles. The highest BCUT2D eigenvalue weighted by Gasteiger charge is 2.15. The fourth-order valence-electron chi connectivity index (χ4n) is 0.393. The van der Waals surface area contributed by atoms with E-state index in [1.807, 2.05) is 5.32 Å². The molecule has 0 aromatic carbocycles. The number of carbonyl (C=O) groups excluding carboxylic acids is 1. The van der Waals surface area contributed by atoms with Crippen LogP contribution in [0.3, 0.4) is 0 Å². The van der Waals surface area contributed by atoms with E-state index < -0.39 is 18.0 Å². The SMILES string of the molecule is NC[C@@H](NC(N)=O)C(=O)O. The van der Waals surface area contributed by atoms with Crippen LogP contribution in [0.5, 0.6) is 0 Å². The molecule has 1 atom stereocenters. The average Bonchev–Trinajstić information content (AvgIpc) is 1.81. The third-order valence-corrected chi connectivity index (χ3v) is 0.850. The maximum absolute atomic E-state index is 10.1. The van der Waals surface area contributed by atoms with E-state index >= 15 is 0 Å². The summed E-state index contributed by atoms with van der Waals surface area (Å²) in [5, 5.41) is 10.2. The van der Waals surface area contributed by atoms with Crippen LogP contribution in [0.4, 0.5) is 4.79 Å². The number of rotatable bonds is 3. The van der Waals surface area contributed by atoms with Gasteiger partial charge in [0.15, 0.2) is 0 Å². The van der Waals surface area contributed by atoms with Gasteiger partial charge in [0.2, 0.25) is 0 Å². The molecule has 0 saturated heterocycles. The summed E-state index contributed by atoms with van der Waals surface area (Å²) in [5.74, 6) is -1.19. The summed E-state index contributed by atoms with van der Waals surface area (Å²) in [6, 6.07) is -1.98. The van der Waals surface area contributed by atoms with Crippen molar-refractivity contribution in [3.63, 3.8) is 0 Å². The lowest BCUT2D eigenvalue weighted by atomic mass is 10.3. The Labute approximate surface area is 57.2 Å². The van der Waals surface area contributed by atoms with E-state index in [0.717, 1.165) is 0 Å². The molecule has 58 valence electrons. The standard InChI is InChI=1S/C4H9N3O3/c5-1-2(3(8)9)7-4(6)10/h2H,1,5H2,(H,8,9)(H3,6,7,10)/t2-/m1/s1. The molecule has 0 spiro atoms. The van der Waals surface area contributed by atoms with E-state index in [1.54, 1.807) is 0 Å². The maximum Gasteiger partial charge on any atom is 0.327 e. The minimum Gasteiger partial charge on any atom is -0.480 e. The van der Waals surface area contributed by atoms with E-state index in [1.165, 1.54) is 0 Å². The summed E-state index contributed by atoms with van der Waals surface area (Å²) in [7, 11) is 0. The molecule has 0 unspecified atom stereocenters. The normalized spacial score (nSPS) is 12.1. The van der Waals surface area contributed by atoms with Gasteiger partial charge < -0.3 is 21.9 Å². The van der Waals surface area contributed by atoms with Crippen molar-refractivity contribution in [1.82, 2.24) is 5.32 Å². The van der Waals surface area contributed by atoms with Crippen molar-refractivity contribution in [2.24, 2.45) is 11.5 Å². The maximum atomic E-state index is 10.1. The molecule has 0 aromatic heterocycles. The topological polar surface area (TPSA) is 118 Å². The minimum atomic E-state index is -1.19. The van der Waals surface area contributed by atoms with Gasteiger partial charge in [-0.15, -0.1) is 0 Å². The Kier molecular flexibility index (Phi) is 3.20. The second-order valence-corrected chi connectivity index (χ2v) is 1.64. The van der Waals surface area contributed by atoms with Gasteiger partial charge in [-0.3, -0.25) is 0 Å². The molecule has 0 rings (SSSR count). The number of nitrogens with two attached hydrogens (primary N) is 2. The highest BCUT2D eigenvalue weighted by atomic mass is 16.4. The number of amides is 2. The van der Waals surface area contributed by atoms with Crippen molar-refractivity contribution in [3.8, 4) is 0 Å². The van der Waals surface area contributed by atoms with Crippen molar-refractivity contribution in [2.45, 2.75) is 6.04 Å². The molecule has 0 radical (unpaired) electrons. The van der Waals surface area contributed by atoms with Crippen LogP contribution >= 0.6 is 0 Å². The largest absolute Gasteiger partial charge is 0.480 e. The van der Waals surface area contributed by atoms with Crippen LogP contribution in [0, 0.1) is 0 Å². The van der Waals surface area contributed by atoms with Crippen LogP contribution in [0.15, 0.2) is 0 Å². The number of hydrogen-bond acceptors (Lipinski definition) is 3. The lowest BCUT2D eigenvalue weighted by Gasteiger charge is -2.08. The number of carboxylic acid groups (broad SMARTS) is 1. The summed E-state index contributed by atoms with van der Waals surface area (Å²) in [6.07, 6.45) is 0. The number of hydrogen-bond donors (Lipinski definition) is 4. The second kappa shape index (κ2) is 3.67. The monoisotopic (exact) mass is 147 g/mol. The zero-order chi connectivity index (χ0) is 8.15. The molecular formula is C4H9N3O3. The molecule has 0 aliphatic heterocycles. The molecule has 2 amide bonds. The number of carboxylic acids is 1. The van der Waals surface area contributed by atoms with E-state index in [-0.39, 0.29) is 6.54 Å². The molecule has 10 heavy (non-hydrogen) atoms. The van der Waals surface area contributed by atoms with Gasteiger partial charge in [-0.1, -0.05) is 0 Å². The van der Waals surface area contributed by atoms with Crippen molar-refractivity contribution in [3.05, 3.63) is 0 Å². The van der Waals surface area contributed by atoms with Gasteiger partial charge in [-0.05, 0) is 0 Å². The predicted octanol–water partition coefficient (Wildman–Crippen LogP) is -1.93. The Bertz CT molecular complexity index is 147. The van der Waals surface area contributed by atoms with Crippen molar-refractivity contribution < 1.29 is 14.7 Å².